The molecule has 2 aliphatic rings. The maximum Gasteiger partial charge on any atom is 0.166 e. The van der Waals surface area contributed by atoms with Crippen LogP contribution < -0.4 is 20.1 Å². The van der Waals surface area contributed by atoms with E-state index < -0.39 is 0 Å². The Hall–Kier alpha value is -3.73. The van der Waals surface area contributed by atoms with E-state index >= 15 is 0 Å². The average Bonchev–Trinajstić information content (AvgIpc) is 3.00. The fourth-order valence-electron chi connectivity index (χ4n) is 4.83. The van der Waals surface area contributed by atoms with E-state index in [2.05, 4.69) is 22.8 Å². The molecule has 2 atom stereocenters. The number of ether oxygens (including phenoxy) is 2. The van der Waals surface area contributed by atoms with Gasteiger partial charge >= 0.3 is 0 Å². The molecule has 0 unspecified atom stereocenters. The van der Waals surface area contributed by atoms with Gasteiger partial charge in [-0.2, -0.15) is 0 Å². The van der Waals surface area contributed by atoms with Crippen molar-refractivity contribution in [2.75, 3.05) is 24.9 Å². The van der Waals surface area contributed by atoms with E-state index in [0.717, 1.165) is 34.6 Å². The fraction of sp³-hybridized carbons (Fsp3) is 0.222. The minimum absolute atomic E-state index is 0.141. The molecule has 32 heavy (non-hydrogen) atoms. The zero-order valence-electron chi connectivity index (χ0n) is 18.2. The van der Waals surface area contributed by atoms with Gasteiger partial charge in [0.2, 0.25) is 0 Å². The Labute approximate surface area is 188 Å². The Kier molecular flexibility index (Phi) is 5.31. The van der Waals surface area contributed by atoms with Crippen LogP contribution in [0.3, 0.4) is 0 Å². The molecular weight excluding hydrogens is 400 g/mol. The van der Waals surface area contributed by atoms with Crippen LogP contribution in [-0.4, -0.2) is 20.0 Å². The topological polar surface area (TPSA) is 59.6 Å². The van der Waals surface area contributed by atoms with Crippen molar-refractivity contribution < 1.29 is 14.3 Å². The maximum absolute atomic E-state index is 13.6. The van der Waals surface area contributed by atoms with Gasteiger partial charge in [-0.1, -0.05) is 54.6 Å². The van der Waals surface area contributed by atoms with Gasteiger partial charge < -0.3 is 20.1 Å². The third-order valence-electron chi connectivity index (χ3n) is 6.32. The Morgan fingerprint density at radius 1 is 0.812 bits per heavy atom. The molecule has 3 aromatic carbocycles. The molecule has 3 aromatic rings. The number of allylic oxidation sites excluding steroid dienone is 1. The third kappa shape index (κ3) is 3.50. The number of ketones is 1. The summed E-state index contributed by atoms with van der Waals surface area (Å²) in [7, 11) is 3.26. The number of anilines is 2. The highest BCUT2D eigenvalue weighted by Crippen LogP contribution is 2.47. The van der Waals surface area contributed by atoms with Gasteiger partial charge in [0.15, 0.2) is 17.3 Å². The molecule has 5 heteroatoms. The highest BCUT2D eigenvalue weighted by atomic mass is 16.5. The Bertz CT molecular complexity index is 1190. The van der Waals surface area contributed by atoms with Gasteiger partial charge in [0.25, 0.3) is 0 Å². The molecule has 0 spiro atoms. The monoisotopic (exact) mass is 426 g/mol. The number of carbonyl (C=O) groups is 1. The number of para-hydroxylation sites is 3. The average molecular weight is 427 g/mol. The predicted molar refractivity (Wildman–Crippen MR) is 126 cm³/mol. The standard InChI is InChI=1S/C27H26N2O3/c1-31-24-14-8-11-19(27(24)32-2)26-25-22(28-20-12-6-7-13-21(20)29-26)15-18(16-23(25)30)17-9-4-3-5-10-17/h3-14,18,26,28-29H,15-16H2,1-2H3/t18-,26-/m0/s1. The van der Waals surface area contributed by atoms with Gasteiger partial charge in [0.05, 0.1) is 31.6 Å². The molecule has 0 fully saturated rings. The zero-order chi connectivity index (χ0) is 22.1. The van der Waals surface area contributed by atoms with Crippen molar-refractivity contribution in [1.82, 2.24) is 0 Å². The van der Waals surface area contributed by atoms with Crippen molar-refractivity contribution in [2.24, 2.45) is 0 Å². The normalized spacial score (nSPS) is 19.8. The van der Waals surface area contributed by atoms with E-state index in [0.29, 0.717) is 17.9 Å². The van der Waals surface area contributed by atoms with Crippen molar-refractivity contribution in [3.63, 3.8) is 0 Å². The second-order valence-corrected chi connectivity index (χ2v) is 8.16. The van der Waals surface area contributed by atoms with Gasteiger partial charge in [0.1, 0.15) is 0 Å². The number of carbonyl (C=O) groups excluding carboxylic acids is 1. The van der Waals surface area contributed by atoms with Gasteiger partial charge in [-0.15, -0.1) is 0 Å². The lowest BCUT2D eigenvalue weighted by molar-refractivity contribution is -0.116. The molecule has 1 heterocycles. The Balaban J connectivity index is 1.66. The summed E-state index contributed by atoms with van der Waals surface area (Å²) in [4.78, 5) is 13.6. The number of fused-ring (bicyclic) bond motifs is 1. The molecule has 2 N–H and O–H groups in total. The second kappa shape index (κ2) is 8.42. The van der Waals surface area contributed by atoms with Gasteiger partial charge in [-0.25, -0.2) is 0 Å². The highest BCUT2D eigenvalue weighted by Gasteiger charge is 2.37. The smallest absolute Gasteiger partial charge is 0.166 e. The first-order valence-corrected chi connectivity index (χ1v) is 10.8. The van der Waals surface area contributed by atoms with Crippen molar-refractivity contribution >= 4 is 17.2 Å². The summed E-state index contributed by atoms with van der Waals surface area (Å²) in [5.41, 5.74) is 5.70. The molecule has 0 bridgehead atoms. The maximum atomic E-state index is 13.6. The van der Waals surface area contributed by atoms with Crippen molar-refractivity contribution in [3.05, 3.63) is 95.2 Å². The Morgan fingerprint density at radius 2 is 1.56 bits per heavy atom. The molecule has 5 nitrogen and oxygen atoms in total. The lowest BCUT2D eigenvalue weighted by Gasteiger charge is -2.30. The van der Waals surface area contributed by atoms with Crippen LogP contribution in [0, 0.1) is 0 Å². The second-order valence-electron chi connectivity index (χ2n) is 8.16. The molecule has 162 valence electrons. The SMILES string of the molecule is COc1cccc([C@@H]2Nc3ccccc3NC3=C2C(=O)C[C@@H](c2ccccc2)C3)c1OC. The van der Waals surface area contributed by atoms with Crippen molar-refractivity contribution in [3.8, 4) is 11.5 Å². The van der Waals surface area contributed by atoms with Crippen molar-refractivity contribution in [2.45, 2.75) is 24.8 Å². The first-order chi connectivity index (χ1) is 15.7. The third-order valence-corrected chi connectivity index (χ3v) is 6.32. The summed E-state index contributed by atoms with van der Waals surface area (Å²) in [5.74, 6) is 1.57. The molecule has 5 rings (SSSR count). The summed E-state index contributed by atoms with van der Waals surface area (Å²) in [5, 5.41) is 7.19. The minimum atomic E-state index is -0.351. The van der Waals surface area contributed by atoms with Crippen LogP contribution in [0.5, 0.6) is 11.5 Å². The van der Waals surface area contributed by atoms with E-state index in [1.807, 2.05) is 60.7 Å². The fourth-order valence-corrected chi connectivity index (χ4v) is 4.83. The van der Waals surface area contributed by atoms with Crippen LogP contribution in [0.2, 0.25) is 0 Å². The molecule has 0 aromatic heterocycles. The summed E-state index contributed by atoms with van der Waals surface area (Å²) in [6, 6.07) is 23.8. The van der Waals surface area contributed by atoms with Gasteiger partial charge in [-0.3, -0.25) is 4.79 Å². The highest BCUT2D eigenvalue weighted by molar-refractivity contribution is 6.01. The van der Waals surface area contributed by atoms with Crippen molar-refractivity contribution in [1.29, 1.82) is 0 Å². The number of hydrogen-bond donors (Lipinski definition) is 2. The molecular formula is C27H26N2O3. The molecule has 0 saturated heterocycles. The van der Waals surface area contributed by atoms with Crippen LogP contribution in [0.1, 0.15) is 35.9 Å². The summed E-state index contributed by atoms with van der Waals surface area (Å²) < 4.78 is 11.3. The number of rotatable bonds is 4. The van der Waals surface area contributed by atoms with Crippen LogP contribution in [0.15, 0.2) is 84.1 Å². The van der Waals surface area contributed by atoms with Crippen LogP contribution >= 0.6 is 0 Å². The van der Waals surface area contributed by atoms with Crippen LogP contribution in [-0.2, 0) is 4.79 Å². The largest absolute Gasteiger partial charge is 0.493 e. The van der Waals surface area contributed by atoms with Crippen LogP contribution in [0.4, 0.5) is 11.4 Å². The van der Waals surface area contributed by atoms with Gasteiger partial charge in [-0.05, 0) is 36.1 Å². The first kappa shape index (κ1) is 20.2. The molecule has 0 saturated carbocycles. The molecule has 0 amide bonds. The number of Topliss-reactive ketones (excluding diaryl/α,β-unsaturated/α-hetero) is 1. The number of benzene rings is 3. The Morgan fingerprint density at radius 3 is 2.31 bits per heavy atom. The lowest BCUT2D eigenvalue weighted by atomic mass is 9.78. The lowest BCUT2D eigenvalue weighted by Crippen LogP contribution is -2.27. The van der Waals surface area contributed by atoms with E-state index in [1.54, 1.807) is 14.2 Å². The summed E-state index contributed by atoms with van der Waals surface area (Å²) >= 11 is 0. The predicted octanol–water partition coefficient (Wildman–Crippen LogP) is 5.68. The number of hydrogen-bond acceptors (Lipinski definition) is 5. The number of nitrogens with one attached hydrogen (secondary N) is 2. The summed E-state index contributed by atoms with van der Waals surface area (Å²) in [6.07, 6.45) is 1.25. The van der Waals surface area contributed by atoms with E-state index in [1.165, 1.54) is 5.56 Å². The molecule has 0 radical (unpaired) electrons. The first-order valence-electron chi connectivity index (χ1n) is 10.8. The zero-order valence-corrected chi connectivity index (χ0v) is 18.2. The van der Waals surface area contributed by atoms with E-state index in [4.69, 9.17) is 9.47 Å². The quantitative estimate of drug-likeness (QED) is 0.562. The number of methoxy groups -OCH3 is 2. The van der Waals surface area contributed by atoms with E-state index in [9.17, 15) is 4.79 Å². The molecule has 1 aliphatic heterocycles. The summed E-state index contributed by atoms with van der Waals surface area (Å²) in [6.45, 7) is 0. The van der Waals surface area contributed by atoms with Crippen LogP contribution in [0.25, 0.3) is 0 Å². The molecule has 1 aliphatic carbocycles. The van der Waals surface area contributed by atoms with E-state index in [-0.39, 0.29) is 17.7 Å². The minimum Gasteiger partial charge on any atom is -0.493 e. The van der Waals surface area contributed by atoms with Gasteiger partial charge in [0, 0.05) is 23.3 Å².